The van der Waals surface area contributed by atoms with Crippen molar-refractivity contribution in [2.24, 2.45) is 5.92 Å². The summed E-state index contributed by atoms with van der Waals surface area (Å²) in [6.07, 6.45) is 4.16. The van der Waals surface area contributed by atoms with E-state index in [0.717, 1.165) is 23.9 Å². The van der Waals surface area contributed by atoms with Crippen molar-refractivity contribution in [2.45, 2.75) is 43.5 Å². The van der Waals surface area contributed by atoms with Gasteiger partial charge in [-0.3, -0.25) is 4.79 Å². The first kappa shape index (κ1) is 22.8. The third kappa shape index (κ3) is 5.00. The minimum Gasteiger partial charge on any atom is -0.360 e. The Morgan fingerprint density at radius 3 is 2.59 bits per heavy atom. The number of hydrogen-bond acceptors (Lipinski definition) is 3. The number of fused-ring (bicyclic) bond motifs is 1. The maximum atomic E-state index is 13.4. The number of carbonyl (C=O) groups excluding carboxylic acids is 1. The quantitative estimate of drug-likeness (QED) is 0.534. The average Bonchev–Trinajstić information content (AvgIpc) is 3.23. The summed E-state index contributed by atoms with van der Waals surface area (Å²) < 4.78 is 29.3. The van der Waals surface area contributed by atoms with Crippen LogP contribution in [0.25, 0.3) is 10.9 Å². The number of halogens is 1. The summed E-state index contributed by atoms with van der Waals surface area (Å²) in [5, 5.41) is 1.22. The van der Waals surface area contributed by atoms with Crippen molar-refractivity contribution in [1.82, 2.24) is 14.6 Å². The van der Waals surface area contributed by atoms with Crippen LogP contribution in [-0.4, -0.2) is 43.3 Å². The minimum absolute atomic E-state index is 0.149. The predicted octanol–water partition coefficient (Wildman–Crippen LogP) is 4.36. The Labute approximate surface area is 194 Å². The zero-order chi connectivity index (χ0) is 22.7. The van der Waals surface area contributed by atoms with Gasteiger partial charge < -0.3 is 9.88 Å². The number of rotatable bonds is 7. The molecule has 0 saturated carbocycles. The molecule has 2 aromatic carbocycles. The number of likely N-dealkylation sites (tertiary alicyclic amines) is 1. The second kappa shape index (κ2) is 9.65. The number of hydrogen-bond donors (Lipinski definition) is 2. The largest absolute Gasteiger partial charge is 0.360 e. The lowest BCUT2D eigenvalue weighted by molar-refractivity contribution is -0.134. The van der Waals surface area contributed by atoms with Crippen LogP contribution in [0.3, 0.4) is 0 Å². The molecular formula is C24H28ClN3O3S. The van der Waals surface area contributed by atoms with E-state index in [1.54, 1.807) is 23.1 Å². The molecule has 2 heterocycles. The number of aromatic amines is 1. The number of nitrogens with zero attached hydrogens (tertiary/aromatic N) is 1. The molecule has 170 valence electrons. The Bertz CT molecular complexity index is 1200. The summed E-state index contributed by atoms with van der Waals surface area (Å²) in [7, 11) is -3.91. The van der Waals surface area contributed by atoms with Crippen LogP contribution in [0.15, 0.2) is 59.6 Å². The van der Waals surface area contributed by atoms with Crippen LogP contribution in [0.4, 0.5) is 0 Å². The highest BCUT2D eigenvalue weighted by Gasteiger charge is 2.31. The average molecular weight is 474 g/mol. The summed E-state index contributed by atoms with van der Waals surface area (Å²) in [4.78, 5) is 18.3. The minimum atomic E-state index is -3.91. The van der Waals surface area contributed by atoms with Crippen LogP contribution in [0.1, 0.15) is 31.7 Å². The molecule has 1 aliphatic heterocycles. The Balaban J connectivity index is 1.59. The van der Waals surface area contributed by atoms with Gasteiger partial charge in [0.25, 0.3) is 0 Å². The molecule has 1 atom stereocenters. The monoisotopic (exact) mass is 473 g/mol. The second-order valence-corrected chi connectivity index (χ2v) is 10.6. The number of aryl methyl sites for hydroxylation is 1. The van der Waals surface area contributed by atoms with E-state index >= 15 is 0 Å². The lowest BCUT2D eigenvalue weighted by Crippen LogP contribution is -2.50. The molecule has 8 heteroatoms. The smallest absolute Gasteiger partial charge is 0.243 e. The number of carbonyl (C=O) groups is 1. The zero-order valence-corrected chi connectivity index (χ0v) is 19.6. The molecule has 1 amide bonds. The van der Waals surface area contributed by atoms with Gasteiger partial charge in [0.05, 0.1) is 0 Å². The van der Waals surface area contributed by atoms with Gasteiger partial charge in [-0.05, 0) is 49.3 Å². The number of benzene rings is 2. The van der Waals surface area contributed by atoms with Gasteiger partial charge in [-0.15, -0.1) is 0 Å². The van der Waals surface area contributed by atoms with E-state index in [2.05, 4.69) is 16.6 Å². The molecule has 1 saturated heterocycles. The fourth-order valence-electron chi connectivity index (χ4n) is 4.20. The van der Waals surface area contributed by atoms with E-state index in [-0.39, 0.29) is 10.8 Å². The maximum Gasteiger partial charge on any atom is 0.243 e. The van der Waals surface area contributed by atoms with Gasteiger partial charge in [0.2, 0.25) is 15.9 Å². The lowest BCUT2D eigenvalue weighted by Gasteiger charge is -2.33. The van der Waals surface area contributed by atoms with Crippen LogP contribution in [0.5, 0.6) is 0 Å². The van der Waals surface area contributed by atoms with E-state index in [4.69, 9.17) is 11.6 Å². The predicted molar refractivity (Wildman–Crippen MR) is 127 cm³/mol. The highest BCUT2D eigenvalue weighted by molar-refractivity contribution is 7.89. The molecule has 6 nitrogen and oxygen atoms in total. The molecule has 1 aliphatic rings. The van der Waals surface area contributed by atoms with Crippen molar-refractivity contribution in [3.8, 4) is 0 Å². The molecule has 0 bridgehead atoms. The van der Waals surface area contributed by atoms with Crippen molar-refractivity contribution < 1.29 is 13.2 Å². The first-order valence-corrected chi connectivity index (χ1v) is 12.8. The normalized spacial score (nSPS) is 16.4. The number of amides is 1. The highest BCUT2D eigenvalue weighted by Crippen LogP contribution is 2.24. The van der Waals surface area contributed by atoms with Crippen LogP contribution < -0.4 is 4.72 Å². The van der Waals surface area contributed by atoms with Crippen molar-refractivity contribution >= 4 is 38.4 Å². The second-order valence-electron chi connectivity index (χ2n) is 8.51. The number of para-hydroxylation sites is 1. The van der Waals surface area contributed by atoms with E-state index < -0.39 is 16.1 Å². The standard InChI is InChI=1S/C24H28ClN3O3S/c1-17-12-14-28(15-13-17)24(29)22(11-10-18-6-2-4-8-20(18)25)27-32(30,31)23-16-26-21-9-5-3-7-19(21)23/h2-9,16-17,22,26-27H,10-15H2,1H3. The van der Waals surface area contributed by atoms with Gasteiger partial charge in [-0.1, -0.05) is 54.9 Å². The number of aromatic nitrogens is 1. The highest BCUT2D eigenvalue weighted by atomic mass is 35.5. The van der Waals surface area contributed by atoms with Crippen LogP contribution in [-0.2, 0) is 21.2 Å². The van der Waals surface area contributed by atoms with Crippen molar-refractivity contribution in [3.05, 3.63) is 65.3 Å². The third-order valence-electron chi connectivity index (χ3n) is 6.19. The molecule has 4 rings (SSSR count). The van der Waals surface area contributed by atoms with Crippen molar-refractivity contribution in [1.29, 1.82) is 0 Å². The number of H-pyrrole nitrogens is 1. The third-order valence-corrected chi connectivity index (χ3v) is 8.07. The summed E-state index contributed by atoms with van der Waals surface area (Å²) >= 11 is 6.29. The van der Waals surface area contributed by atoms with Gasteiger partial charge in [0.15, 0.2) is 0 Å². The molecule has 0 spiro atoms. The molecular weight excluding hydrogens is 446 g/mol. The number of sulfonamides is 1. The zero-order valence-electron chi connectivity index (χ0n) is 18.1. The van der Waals surface area contributed by atoms with E-state index in [9.17, 15) is 13.2 Å². The summed E-state index contributed by atoms with van der Waals surface area (Å²) in [5.41, 5.74) is 1.63. The van der Waals surface area contributed by atoms with Gasteiger partial charge in [-0.25, -0.2) is 8.42 Å². The molecule has 32 heavy (non-hydrogen) atoms. The van der Waals surface area contributed by atoms with Crippen molar-refractivity contribution in [2.75, 3.05) is 13.1 Å². The van der Waals surface area contributed by atoms with E-state index in [1.165, 1.54) is 6.20 Å². The fourth-order valence-corrected chi connectivity index (χ4v) is 5.83. The van der Waals surface area contributed by atoms with Crippen LogP contribution in [0, 0.1) is 5.92 Å². The number of piperidine rings is 1. The summed E-state index contributed by atoms with van der Waals surface area (Å²) in [6, 6.07) is 13.8. The molecule has 1 fully saturated rings. The van der Waals surface area contributed by atoms with Gasteiger partial charge in [-0.2, -0.15) is 4.72 Å². The Morgan fingerprint density at radius 1 is 1.16 bits per heavy atom. The Hall–Kier alpha value is -2.35. The SMILES string of the molecule is CC1CCN(C(=O)C(CCc2ccccc2Cl)NS(=O)(=O)c2c[nH]c3ccccc23)CC1. The first-order chi connectivity index (χ1) is 15.3. The molecule has 1 unspecified atom stereocenters. The van der Waals surface area contributed by atoms with E-state index in [0.29, 0.717) is 42.3 Å². The summed E-state index contributed by atoms with van der Waals surface area (Å²) in [5.74, 6) is 0.399. The number of nitrogens with one attached hydrogen (secondary N) is 2. The van der Waals surface area contributed by atoms with Crippen molar-refractivity contribution in [3.63, 3.8) is 0 Å². The molecule has 0 radical (unpaired) electrons. The van der Waals surface area contributed by atoms with Gasteiger partial charge in [0, 0.05) is 35.2 Å². The van der Waals surface area contributed by atoms with E-state index in [1.807, 2.05) is 30.3 Å². The lowest BCUT2D eigenvalue weighted by atomic mass is 9.98. The molecule has 0 aliphatic carbocycles. The van der Waals surface area contributed by atoms with Gasteiger partial charge >= 0.3 is 0 Å². The Kier molecular flexibility index (Phi) is 6.88. The van der Waals surface area contributed by atoms with Crippen LogP contribution in [0.2, 0.25) is 5.02 Å². The van der Waals surface area contributed by atoms with Gasteiger partial charge in [0.1, 0.15) is 10.9 Å². The first-order valence-electron chi connectivity index (χ1n) is 11.0. The van der Waals surface area contributed by atoms with Crippen LogP contribution >= 0.6 is 11.6 Å². The molecule has 3 aromatic rings. The topological polar surface area (TPSA) is 82.3 Å². The molecule has 1 aromatic heterocycles. The Morgan fingerprint density at radius 2 is 1.84 bits per heavy atom. The summed E-state index contributed by atoms with van der Waals surface area (Å²) in [6.45, 7) is 3.48. The fraction of sp³-hybridized carbons (Fsp3) is 0.375. The molecule has 2 N–H and O–H groups in total. The maximum absolute atomic E-state index is 13.4.